The van der Waals surface area contributed by atoms with Gasteiger partial charge in [-0.3, -0.25) is 14.1 Å². The van der Waals surface area contributed by atoms with E-state index in [0.29, 0.717) is 5.75 Å². The van der Waals surface area contributed by atoms with Crippen molar-refractivity contribution in [1.29, 1.82) is 0 Å². The molecule has 1 unspecified atom stereocenters. The maximum atomic E-state index is 13.6. The third-order valence-electron chi connectivity index (χ3n) is 5.65. The number of hydrogen-bond donors (Lipinski definition) is 0. The Morgan fingerprint density at radius 2 is 1.51 bits per heavy atom. The van der Waals surface area contributed by atoms with Crippen molar-refractivity contribution < 1.29 is 41.9 Å². The molecule has 220 valence electrons. The van der Waals surface area contributed by atoms with Gasteiger partial charge >= 0.3 is 19.8 Å². The lowest BCUT2D eigenvalue weighted by atomic mass is 9.98. The summed E-state index contributed by atoms with van der Waals surface area (Å²) in [5, 5.41) is 0.989. The summed E-state index contributed by atoms with van der Waals surface area (Å²) >= 11 is 0. The number of fused-ring (bicyclic) bond motifs is 1. The van der Waals surface area contributed by atoms with Crippen LogP contribution in [0.5, 0.6) is 5.75 Å². The lowest BCUT2D eigenvalue weighted by molar-refractivity contribution is -0.164. The van der Waals surface area contributed by atoms with Crippen molar-refractivity contribution in [3.8, 4) is 5.75 Å². The molecule has 1 aromatic heterocycles. The van der Waals surface area contributed by atoms with Crippen LogP contribution in [0, 0.1) is 10.8 Å². The number of carbonyl (C=O) groups excluding carboxylic acids is 2. The van der Waals surface area contributed by atoms with Gasteiger partial charge in [0, 0.05) is 24.2 Å². The van der Waals surface area contributed by atoms with Crippen LogP contribution in [0.1, 0.15) is 60.3 Å². The van der Waals surface area contributed by atoms with Crippen LogP contribution in [0.25, 0.3) is 10.9 Å². The van der Waals surface area contributed by atoms with E-state index < -0.39 is 50.4 Å². The normalized spacial score (nSPS) is 13.5. The highest BCUT2D eigenvalue weighted by atomic mass is 31.2. The van der Waals surface area contributed by atoms with Gasteiger partial charge in [-0.05, 0) is 86.7 Å². The van der Waals surface area contributed by atoms with Crippen molar-refractivity contribution in [1.82, 2.24) is 9.47 Å². The molecule has 1 atom stereocenters. The molecule has 2 rings (SSSR count). The fourth-order valence-electron chi connectivity index (χ4n) is 3.33. The zero-order chi connectivity index (χ0) is 29.6. The van der Waals surface area contributed by atoms with E-state index in [-0.39, 0.29) is 0 Å². The van der Waals surface area contributed by atoms with Crippen LogP contribution in [-0.2, 0) is 43.6 Å². The van der Waals surface area contributed by atoms with Crippen LogP contribution in [0.2, 0.25) is 0 Å². The van der Waals surface area contributed by atoms with E-state index in [1.807, 2.05) is 38.5 Å². The summed E-state index contributed by atoms with van der Waals surface area (Å²) in [5.74, 6) is -0.474. The molecule has 1 heterocycles. The first-order valence-electron chi connectivity index (χ1n) is 12.7. The first kappa shape index (κ1) is 32.8. The van der Waals surface area contributed by atoms with Gasteiger partial charge in [0.15, 0.2) is 0 Å². The van der Waals surface area contributed by atoms with Crippen molar-refractivity contribution in [2.75, 3.05) is 41.3 Å². The highest BCUT2D eigenvalue weighted by molar-refractivity contribution is 7.48. The van der Waals surface area contributed by atoms with Crippen molar-refractivity contribution in [3.05, 3.63) is 30.0 Å². The SMILES string of the molecule is COc1ccc2c(CCN(C)C)cn(C(C)OP(=O)(OCOC(=O)C(C)(C)C)OCOC(=O)C(C)(C)C)c2c1. The maximum absolute atomic E-state index is 13.6. The Morgan fingerprint density at radius 3 is 1.97 bits per heavy atom. The smallest absolute Gasteiger partial charge is 0.482 e. The average molecular weight is 571 g/mol. The fraction of sp³-hybridized carbons (Fsp3) is 0.630. The van der Waals surface area contributed by atoms with Crippen LogP contribution in [0.4, 0.5) is 0 Å². The zero-order valence-electron chi connectivity index (χ0n) is 24.7. The van der Waals surface area contributed by atoms with Gasteiger partial charge in [-0.1, -0.05) is 0 Å². The Balaban J connectivity index is 2.32. The van der Waals surface area contributed by atoms with Crippen LogP contribution in [-0.4, -0.2) is 62.7 Å². The number of aromatic nitrogens is 1. The van der Waals surface area contributed by atoms with Crippen molar-refractivity contribution >= 4 is 30.7 Å². The van der Waals surface area contributed by atoms with Crippen molar-refractivity contribution in [2.24, 2.45) is 10.8 Å². The Kier molecular flexibility index (Phi) is 11.2. The molecule has 11 nitrogen and oxygen atoms in total. The van der Waals surface area contributed by atoms with Gasteiger partial charge in [-0.15, -0.1) is 0 Å². The molecule has 0 saturated carbocycles. The number of carbonyl (C=O) groups is 2. The van der Waals surface area contributed by atoms with E-state index in [1.165, 1.54) is 0 Å². The van der Waals surface area contributed by atoms with E-state index in [2.05, 4.69) is 4.90 Å². The molecule has 0 saturated heterocycles. The predicted molar refractivity (Wildman–Crippen MR) is 147 cm³/mol. The summed E-state index contributed by atoms with van der Waals surface area (Å²) in [6.07, 6.45) is 1.84. The number of methoxy groups -OCH3 is 1. The Hall–Kier alpha value is -2.43. The molecule has 0 amide bonds. The second kappa shape index (κ2) is 13.3. The molecule has 39 heavy (non-hydrogen) atoms. The second-order valence-electron chi connectivity index (χ2n) is 11.5. The van der Waals surface area contributed by atoms with E-state index in [0.717, 1.165) is 29.4 Å². The number of phosphoric acid groups is 1. The predicted octanol–water partition coefficient (Wildman–Crippen LogP) is 5.52. The Morgan fingerprint density at radius 1 is 0.974 bits per heavy atom. The molecule has 0 fully saturated rings. The molecule has 0 spiro atoms. The molecular weight excluding hydrogens is 527 g/mol. The minimum absolute atomic E-state index is 0.560. The van der Waals surface area contributed by atoms with E-state index in [1.54, 1.807) is 60.1 Å². The number of esters is 2. The Bertz CT molecular complexity index is 1140. The van der Waals surface area contributed by atoms with Crippen LogP contribution >= 0.6 is 7.82 Å². The lowest BCUT2D eigenvalue weighted by Gasteiger charge is -2.24. The van der Waals surface area contributed by atoms with Gasteiger partial charge in [0.1, 0.15) is 12.0 Å². The molecular formula is C27H43N2O9P. The molecule has 12 heteroatoms. The molecule has 0 N–H and O–H groups in total. The summed E-state index contributed by atoms with van der Waals surface area (Å²) in [7, 11) is 1.18. The third kappa shape index (κ3) is 9.61. The summed E-state index contributed by atoms with van der Waals surface area (Å²) in [5.41, 5.74) is 0.264. The quantitative estimate of drug-likeness (QED) is 0.173. The minimum atomic E-state index is -4.39. The van der Waals surface area contributed by atoms with Crippen LogP contribution in [0.15, 0.2) is 24.4 Å². The van der Waals surface area contributed by atoms with E-state index in [4.69, 9.17) is 27.8 Å². The number of ether oxygens (including phenoxy) is 3. The first-order chi connectivity index (χ1) is 18.0. The van der Waals surface area contributed by atoms with Gasteiger partial charge in [0.05, 0.1) is 23.5 Å². The average Bonchev–Trinajstić information content (AvgIpc) is 3.19. The highest BCUT2D eigenvalue weighted by Gasteiger charge is 2.34. The number of rotatable bonds is 13. The summed E-state index contributed by atoms with van der Waals surface area (Å²) < 4.78 is 47.5. The van der Waals surface area contributed by atoms with Crippen LogP contribution < -0.4 is 4.74 Å². The number of phosphoric ester groups is 1. The van der Waals surface area contributed by atoms with E-state index >= 15 is 0 Å². The van der Waals surface area contributed by atoms with Crippen molar-refractivity contribution in [2.45, 2.75) is 61.1 Å². The summed E-state index contributed by atoms with van der Waals surface area (Å²) in [6.45, 7) is 11.2. The van der Waals surface area contributed by atoms with Gasteiger partial charge < -0.3 is 23.7 Å². The third-order valence-corrected chi connectivity index (χ3v) is 7.06. The topological polar surface area (TPSA) is 115 Å². The first-order valence-corrected chi connectivity index (χ1v) is 14.2. The standard InChI is InChI=1S/C27H43N2O9P/c1-19(29-16-20(13-14-28(8)9)22-12-11-21(33-10)15-23(22)29)38-39(32,36-17-34-24(30)26(2,3)4)37-18-35-25(31)27(5,6)7/h11-12,15-16,19H,13-14,17-18H2,1-10H3. The van der Waals surface area contributed by atoms with Gasteiger partial charge in [-0.2, -0.15) is 0 Å². The molecule has 0 bridgehead atoms. The summed E-state index contributed by atoms with van der Waals surface area (Å²) in [4.78, 5) is 26.4. The lowest BCUT2D eigenvalue weighted by Crippen LogP contribution is -2.25. The number of likely N-dealkylation sites (N-methyl/N-ethyl adjacent to an activating group) is 1. The maximum Gasteiger partial charge on any atom is 0.482 e. The van der Waals surface area contributed by atoms with Gasteiger partial charge in [0.2, 0.25) is 13.6 Å². The minimum Gasteiger partial charge on any atom is -0.497 e. The molecule has 1 aromatic carbocycles. The monoisotopic (exact) mass is 570 g/mol. The molecule has 0 aliphatic rings. The zero-order valence-corrected chi connectivity index (χ0v) is 25.6. The van der Waals surface area contributed by atoms with Gasteiger partial charge in [-0.25, -0.2) is 13.6 Å². The summed E-state index contributed by atoms with van der Waals surface area (Å²) in [6, 6.07) is 5.70. The highest BCUT2D eigenvalue weighted by Crippen LogP contribution is 2.53. The molecule has 2 aromatic rings. The molecule has 0 aliphatic carbocycles. The second-order valence-corrected chi connectivity index (χ2v) is 13.1. The van der Waals surface area contributed by atoms with Crippen LogP contribution in [0.3, 0.4) is 0 Å². The van der Waals surface area contributed by atoms with Crippen molar-refractivity contribution in [3.63, 3.8) is 0 Å². The Labute approximate surface area is 231 Å². The molecule has 0 radical (unpaired) electrons. The van der Waals surface area contributed by atoms with E-state index in [9.17, 15) is 14.2 Å². The fourth-order valence-corrected chi connectivity index (χ4v) is 4.37. The number of hydrogen-bond acceptors (Lipinski definition) is 10. The molecule has 0 aliphatic heterocycles. The largest absolute Gasteiger partial charge is 0.497 e. The number of benzene rings is 1. The van der Waals surface area contributed by atoms with Gasteiger partial charge in [0.25, 0.3) is 0 Å². The number of nitrogens with zero attached hydrogens (tertiary/aromatic N) is 2.